The van der Waals surface area contributed by atoms with Gasteiger partial charge in [0.05, 0.1) is 11.4 Å². The number of carbonyl (C=O) groups is 1. The van der Waals surface area contributed by atoms with Gasteiger partial charge in [-0.2, -0.15) is 5.10 Å². The first-order valence-electron chi connectivity index (χ1n) is 7.76. The molecule has 0 bridgehead atoms. The van der Waals surface area contributed by atoms with Crippen LogP contribution < -0.4 is 5.73 Å². The van der Waals surface area contributed by atoms with Crippen molar-refractivity contribution < 1.29 is 4.79 Å². The van der Waals surface area contributed by atoms with Crippen molar-refractivity contribution in [3.05, 3.63) is 47.7 Å². The number of hydrogen-bond donors (Lipinski definition) is 1. The fourth-order valence-electron chi connectivity index (χ4n) is 2.57. The van der Waals surface area contributed by atoms with Crippen LogP contribution in [0.15, 0.2) is 36.4 Å². The molecule has 0 aliphatic carbocycles. The largest absolute Gasteiger partial charge is 0.383 e. The summed E-state index contributed by atoms with van der Waals surface area (Å²) in [5.74, 6) is 0.728. The van der Waals surface area contributed by atoms with Crippen molar-refractivity contribution in [1.82, 2.24) is 14.7 Å². The number of aldehydes is 1. The highest BCUT2D eigenvalue weighted by molar-refractivity contribution is 5.70. The van der Waals surface area contributed by atoms with E-state index in [0.717, 1.165) is 48.6 Å². The molecule has 0 amide bonds. The molecule has 0 radical (unpaired) electrons. The summed E-state index contributed by atoms with van der Waals surface area (Å²) in [6.45, 7) is 5.55. The fraction of sp³-hybridized carbons (Fsp3) is 0.333. The summed E-state index contributed by atoms with van der Waals surface area (Å²) >= 11 is 0. The van der Waals surface area contributed by atoms with E-state index in [0.29, 0.717) is 0 Å². The third-order valence-corrected chi connectivity index (χ3v) is 3.88. The molecular formula is C18H24N4O. The molecule has 0 fully saturated rings. The average molecular weight is 312 g/mol. The summed E-state index contributed by atoms with van der Waals surface area (Å²) in [6, 6.07) is 10.0. The summed E-state index contributed by atoms with van der Waals surface area (Å²) in [5.41, 5.74) is 10.7. The molecule has 1 aliphatic rings. The summed E-state index contributed by atoms with van der Waals surface area (Å²) in [6.07, 6.45) is 4.04. The Morgan fingerprint density at radius 1 is 1.26 bits per heavy atom. The number of carbonyl (C=O) groups excluding carboxylic acids is 1. The van der Waals surface area contributed by atoms with E-state index in [2.05, 4.69) is 24.9 Å². The number of nitrogen functional groups attached to an aromatic ring is 1. The van der Waals surface area contributed by atoms with Gasteiger partial charge in [0.25, 0.3) is 0 Å². The summed E-state index contributed by atoms with van der Waals surface area (Å²) < 4.78 is 1.84. The van der Waals surface area contributed by atoms with Crippen molar-refractivity contribution in [3.63, 3.8) is 0 Å². The Labute approximate surface area is 137 Å². The highest BCUT2D eigenvalue weighted by Gasteiger charge is 2.18. The van der Waals surface area contributed by atoms with Gasteiger partial charge in [-0.05, 0) is 45.0 Å². The lowest BCUT2D eigenvalue weighted by Crippen LogP contribution is -2.23. The third kappa shape index (κ3) is 3.87. The van der Waals surface area contributed by atoms with Gasteiger partial charge < -0.3 is 15.4 Å². The van der Waals surface area contributed by atoms with Gasteiger partial charge in [-0.15, -0.1) is 0 Å². The highest BCUT2D eigenvalue weighted by atomic mass is 16.1. The minimum absolute atomic E-state index is 0.728. The fourth-order valence-corrected chi connectivity index (χ4v) is 2.57. The van der Waals surface area contributed by atoms with Crippen LogP contribution in [0, 0.1) is 6.92 Å². The van der Waals surface area contributed by atoms with Gasteiger partial charge in [0.1, 0.15) is 12.1 Å². The van der Waals surface area contributed by atoms with E-state index >= 15 is 0 Å². The second-order valence-electron chi connectivity index (χ2n) is 5.58. The van der Waals surface area contributed by atoms with Crippen molar-refractivity contribution in [1.29, 1.82) is 0 Å². The molecule has 0 atom stereocenters. The molecule has 23 heavy (non-hydrogen) atoms. The lowest BCUT2D eigenvalue weighted by molar-refractivity contribution is -0.106. The van der Waals surface area contributed by atoms with E-state index in [-0.39, 0.29) is 0 Å². The minimum atomic E-state index is 0.728. The van der Waals surface area contributed by atoms with Crippen LogP contribution in [0.3, 0.4) is 0 Å². The Morgan fingerprint density at radius 3 is 2.48 bits per heavy atom. The number of nitrogens with zero attached hydrogens (tertiary/aromatic N) is 3. The van der Waals surface area contributed by atoms with E-state index in [1.54, 1.807) is 0 Å². The summed E-state index contributed by atoms with van der Waals surface area (Å²) in [5, 5.41) is 4.73. The van der Waals surface area contributed by atoms with Gasteiger partial charge in [-0.3, -0.25) is 0 Å². The van der Waals surface area contributed by atoms with Crippen molar-refractivity contribution in [3.8, 4) is 5.69 Å². The van der Waals surface area contributed by atoms with E-state index in [9.17, 15) is 0 Å². The smallest absolute Gasteiger partial charge is 0.130 e. The van der Waals surface area contributed by atoms with E-state index < -0.39 is 0 Å². The molecule has 5 nitrogen and oxygen atoms in total. The minimum Gasteiger partial charge on any atom is -0.383 e. The van der Waals surface area contributed by atoms with Crippen molar-refractivity contribution in [2.45, 2.75) is 20.3 Å². The zero-order chi connectivity index (χ0) is 16.8. The third-order valence-electron chi connectivity index (χ3n) is 3.88. The average Bonchev–Trinajstić information content (AvgIpc) is 2.86. The van der Waals surface area contributed by atoms with E-state index in [1.165, 1.54) is 12.5 Å². The molecule has 1 aromatic carbocycles. The maximum atomic E-state index is 8.81. The van der Waals surface area contributed by atoms with Gasteiger partial charge >= 0.3 is 0 Å². The van der Waals surface area contributed by atoms with Gasteiger partial charge in [0.15, 0.2) is 0 Å². The maximum Gasteiger partial charge on any atom is 0.130 e. The van der Waals surface area contributed by atoms with Crippen LogP contribution >= 0.6 is 0 Å². The standard InChI is InChI=1S/C16H20N4.C2H4O/c1-12-15(13-8-10-19(2)11-9-13)18-20(16(12)17)14-6-4-3-5-7-14;1-2-3/h3-8H,9-11,17H2,1-2H3;2H,1H3. The molecule has 0 spiro atoms. The zero-order valence-electron chi connectivity index (χ0n) is 14.0. The Balaban J connectivity index is 0.000000595. The van der Waals surface area contributed by atoms with Crippen LogP contribution in [0.25, 0.3) is 11.3 Å². The number of hydrogen-bond acceptors (Lipinski definition) is 4. The van der Waals surface area contributed by atoms with Crippen LogP contribution in [0.2, 0.25) is 0 Å². The van der Waals surface area contributed by atoms with Crippen LogP contribution in [-0.4, -0.2) is 41.1 Å². The monoisotopic (exact) mass is 312 g/mol. The molecular weight excluding hydrogens is 288 g/mol. The Morgan fingerprint density at radius 2 is 1.91 bits per heavy atom. The second kappa shape index (κ2) is 7.74. The van der Waals surface area contributed by atoms with E-state index in [1.807, 2.05) is 35.0 Å². The predicted octanol–water partition coefficient (Wildman–Crippen LogP) is 2.69. The van der Waals surface area contributed by atoms with Crippen molar-refractivity contribution in [2.75, 3.05) is 25.9 Å². The van der Waals surface area contributed by atoms with Crippen LogP contribution in [0.4, 0.5) is 5.82 Å². The lowest BCUT2D eigenvalue weighted by atomic mass is 10.0. The number of para-hydroxylation sites is 1. The number of aromatic nitrogens is 2. The summed E-state index contributed by atoms with van der Waals surface area (Å²) in [4.78, 5) is 11.1. The van der Waals surface area contributed by atoms with Crippen molar-refractivity contribution >= 4 is 17.7 Å². The number of likely N-dealkylation sites (N-methyl/N-ethyl adjacent to an activating group) is 1. The van der Waals surface area contributed by atoms with Crippen LogP contribution in [0.5, 0.6) is 0 Å². The Hall–Kier alpha value is -2.40. The molecule has 1 aromatic heterocycles. The first-order valence-corrected chi connectivity index (χ1v) is 7.76. The van der Waals surface area contributed by atoms with Gasteiger partial charge in [-0.25, -0.2) is 4.68 Å². The molecule has 3 rings (SSSR count). The molecule has 2 heterocycles. The summed E-state index contributed by atoms with van der Waals surface area (Å²) in [7, 11) is 2.14. The normalized spacial score (nSPS) is 14.7. The molecule has 0 saturated heterocycles. The predicted molar refractivity (Wildman–Crippen MR) is 94.5 cm³/mol. The Bertz CT molecular complexity index is 689. The van der Waals surface area contributed by atoms with Crippen molar-refractivity contribution in [2.24, 2.45) is 0 Å². The van der Waals surface area contributed by atoms with Gasteiger partial charge in [-0.1, -0.05) is 24.3 Å². The lowest BCUT2D eigenvalue weighted by Gasteiger charge is -2.21. The maximum absolute atomic E-state index is 8.81. The number of anilines is 1. The highest BCUT2D eigenvalue weighted by Crippen LogP contribution is 2.28. The molecule has 0 unspecified atom stereocenters. The quantitative estimate of drug-likeness (QED) is 0.866. The zero-order valence-corrected chi connectivity index (χ0v) is 14.0. The molecule has 2 aromatic rings. The number of benzene rings is 1. The van der Waals surface area contributed by atoms with E-state index in [4.69, 9.17) is 15.6 Å². The first kappa shape index (κ1) is 17.0. The number of rotatable bonds is 2. The topological polar surface area (TPSA) is 64.2 Å². The molecule has 1 aliphatic heterocycles. The molecule has 5 heteroatoms. The molecule has 122 valence electrons. The van der Waals surface area contributed by atoms with Crippen LogP contribution in [-0.2, 0) is 4.79 Å². The van der Waals surface area contributed by atoms with Gasteiger partial charge in [0, 0.05) is 18.7 Å². The molecule has 0 saturated carbocycles. The Kier molecular flexibility index (Phi) is 5.71. The second-order valence-corrected chi connectivity index (χ2v) is 5.58. The first-order chi connectivity index (χ1) is 11.1. The van der Waals surface area contributed by atoms with Crippen LogP contribution in [0.1, 0.15) is 24.6 Å². The molecule has 2 N–H and O–H groups in total. The number of nitrogens with two attached hydrogens (primary N) is 1. The van der Waals surface area contributed by atoms with Gasteiger partial charge in [0.2, 0.25) is 0 Å². The SMILES string of the molecule is CC=O.Cc1c(C2=CCN(C)CC2)nn(-c2ccccc2)c1N.